The van der Waals surface area contributed by atoms with Gasteiger partial charge in [0, 0.05) is 33.2 Å². The van der Waals surface area contributed by atoms with Crippen molar-refractivity contribution in [2.75, 3.05) is 39.9 Å². The van der Waals surface area contributed by atoms with Crippen LogP contribution in [0.25, 0.3) is 0 Å². The molecule has 1 aromatic heterocycles. The van der Waals surface area contributed by atoms with E-state index in [0.717, 1.165) is 76.5 Å². The van der Waals surface area contributed by atoms with Crippen LogP contribution in [0.4, 0.5) is 0 Å². The van der Waals surface area contributed by atoms with Crippen molar-refractivity contribution in [3.05, 3.63) is 11.6 Å². The molecule has 0 radical (unpaired) electrons. The van der Waals surface area contributed by atoms with Gasteiger partial charge in [-0.2, -0.15) is 0 Å². The van der Waals surface area contributed by atoms with Gasteiger partial charge in [0.15, 0.2) is 0 Å². The second-order valence-electron chi connectivity index (χ2n) is 8.67. The summed E-state index contributed by atoms with van der Waals surface area (Å²) in [7, 11) is 3.79. The molecule has 1 atom stereocenters. The first-order valence-electron chi connectivity index (χ1n) is 10.5. The van der Waals surface area contributed by atoms with Crippen LogP contribution in [0.3, 0.4) is 0 Å². The summed E-state index contributed by atoms with van der Waals surface area (Å²) in [5, 5.41) is 9.01. The maximum Gasteiger partial charge on any atom is 0.231 e. The van der Waals surface area contributed by atoms with Crippen molar-refractivity contribution >= 4 is 5.91 Å². The number of carbonyl (C=O) groups excluding carboxylic acids is 1. The van der Waals surface area contributed by atoms with Gasteiger partial charge < -0.3 is 14.2 Å². The molecule has 0 bridgehead atoms. The monoisotopic (exact) mass is 375 g/mol. The van der Waals surface area contributed by atoms with E-state index in [1.54, 1.807) is 7.11 Å². The first-order chi connectivity index (χ1) is 13.1. The highest BCUT2D eigenvalue weighted by Gasteiger charge is 2.47. The Balaban J connectivity index is 1.44. The zero-order valence-electron chi connectivity index (χ0n) is 16.8. The molecule has 4 rings (SSSR count). The number of ether oxygens (including phenoxy) is 1. The van der Waals surface area contributed by atoms with Gasteiger partial charge in [0.1, 0.15) is 11.6 Å². The normalized spacial score (nSPS) is 25.6. The molecule has 2 aliphatic heterocycles. The van der Waals surface area contributed by atoms with Crippen molar-refractivity contribution in [2.45, 2.75) is 57.4 Å². The zero-order chi connectivity index (χ0) is 18.9. The minimum Gasteiger partial charge on any atom is -0.384 e. The molecule has 1 unspecified atom stereocenters. The zero-order valence-corrected chi connectivity index (χ0v) is 16.8. The molecule has 0 aromatic carbocycles. The van der Waals surface area contributed by atoms with Crippen LogP contribution in [0.15, 0.2) is 0 Å². The molecule has 0 N–H and O–H groups in total. The van der Waals surface area contributed by atoms with E-state index in [4.69, 9.17) is 4.74 Å². The summed E-state index contributed by atoms with van der Waals surface area (Å²) in [6.45, 7) is 5.39. The van der Waals surface area contributed by atoms with E-state index in [1.165, 1.54) is 12.8 Å². The molecule has 3 fully saturated rings. The molecule has 1 amide bonds. The molecule has 7 heteroatoms. The van der Waals surface area contributed by atoms with Gasteiger partial charge in [-0.25, -0.2) is 0 Å². The van der Waals surface area contributed by atoms with E-state index >= 15 is 0 Å². The lowest BCUT2D eigenvalue weighted by Gasteiger charge is -2.45. The number of methoxy groups -OCH3 is 1. The van der Waals surface area contributed by atoms with Crippen LogP contribution in [0, 0.1) is 5.41 Å². The topological polar surface area (TPSA) is 63.5 Å². The van der Waals surface area contributed by atoms with Crippen molar-refractivity contribution in [1.82, 2.24) is 24.6 Å². The van der Waals surface area contributed by atoms with Crippen molar-refractivity contribution < 1.29 is 9.53 Å². The highest BCUT2D eigenvalue weighted by atomic mass is 16.5. The van der Waals surface area contributed by atoms with E-state index in [2.05, 4.69) is 31.6 Å². The van der Waals surface area contributed by atoms with Crippen molar-refractivity contribution in [2.24, 2.45) is 12.5 Å². The minimum absolute atomic E-state index is 0.266. The van der Waals surface area contributed by atoms with Gasteiger partial charge in [0.2, 0.25) is 5.91 Å². The quantitative estimate of drug-likeness (QED) is 0.760. The van der Waals surface area contributed by atoms with Crippen LogP contribution in [0.5, 0.6) is 0 Å². The Morgan fingerprint density at radius 3 is 2.59 bits per heavy atom. The third-order valence-corrected chi connectivity index (χ3v) is 6.82. The van der Waals surface area contributed by atoms with Crippen LogP contribution < -0.4 is 0 Å². The van der Waals surface area contributed by atoms with Crippen LogP contribution in [0.2, 0.25) is 0 Å². The Hall–Kier alpha value is -1.47. The summed E-state index contributed by atoms with van der Waals surface area (Å²) in [6.07, 6.45) is 7.75. The Bertz CT molecular complexity index is 663. The van der Waals surface area contributed by atoms with E-state index in [1.807, 2.05) is 0 Å². The van der Waals surface area contributed by atoms with E-state index in [9.17, 15) is 4.79 Å². The van der Waals surface area contributed by atoms with Gasteiger partial charge in [-0.1, -0.05) is 6.42 Å². The van der Waals surface area contributed by atoms with Gasteiger partial charge in [-0.3, -0.25) is 9.69 Å². The number of likely N-dealkylation sites (tertiary alicyclic amines) is 2. The Kier molecular flexibility index (Phi) is 5.50. The molecule has 27 heavy (non-hydrogen) atoms. The van der Waals surface area contributed by atoms with Gasteiger partial charge in [0.25, 0.3) is 0 Å². The maximum absolute atomic E-state index is 13.2. The standard InChI is InChI=1S/C20H33N5O2/c1-23-17(14-24-10-3-4-11-24)21-22-18(23)16-7-5-12-25(13-16)19(26)20(15-27-2)8-6-9-20/h16H,3-15H2,1-2H3. The number of piperidine rings is 1. The first kappa shape index (κ1) is 18.9. The fourth-order valence-electron chi connectivity index (χ4n) is 5.02. The smallest absolute Gasteiger partial charge is 0.231 e. The second-order valence-corrected chi connectivity index (χ2v) is 8.67. The largest absolute Gasteiger partial charge is 0.384 e. The SMILES string of the molecule is COCC1(C(=O)N2CCCC(c3nnc(CN4CCCC4)n3C)C2)CCC1. The van der Waals surface area contributed by atoms with E-state index in [0.29, 0.717) is 12.5 Å². The Labute approximate surface area is 162 Å². The number of carbonyl (C=O) groups is 1. The highest BCUT2D eigenvalue weighted by Crippen LogP contribution is 2.43. The average molecular weight is 376 g/mol. The molecule has 0 spiro atoms. The summed E-state index contributed by atoms with van der Waals surface area (Å²) in [6, 6.07) is 0. The molecular formula is C20H33N5O2. The van der Waals surface area contributed by atoms with Gasteiger partial charge in [-0.15, -0.1) is 10.2 Å². The molecule has 150 valence electrons. The van der Waals surface area contributed by atoms with Crippen molar-refractivity contribution in [3.63, 3.8) is 0 Å². The first-order valence-corrected chi connectivity index (χ1v) is 10.5. The summed E-state index contributed by atoms with van der Waals surface area (Å²) >= 11 is 0. The lowest BCUT2D eigenvalue weighted by molar-refractivity contribution is -0.153. The van der Waals surface area contributed by atoms with Crippen LogP contribution in [-0.4, -0.2) is 70.4 Å². The lowest BCUT2D eigenvalue weighted by atomic mass is 9.68. The molecule has 7 nitrogen and oxygen atoms in total. The number of nitrogens with zero attached hydrogens (tertiary/aromatic N) is 5. The van der Waals surface area contributed by atoms with E-state index < -0.39 is 0 Å². The average Bonchev–Trinajstić information content (AvgIpc) is 3.29. The van der Waals surface area contributed by atoms with Gasteiger partial charge >= 0.3 is 0 Å². The van der Waals surface area contributed by atoms with Crippen molar-refractivity contribution in [3.8, 4) is 0 Å². The molecule has 2 saturated heterocycles. The summed E-state index contributed by atoms with van der Waals surface area (Å²) in [5.41, 5.74) is -0.266. The summed E-state index contributed by atoms with van der Waals surface area (Å²) < 4.78 is 7.55. The lowest BCUT2D eigenvalue weighted by Crippen LogP contribution is -2.52. The summed E-state index contributed by atoms with van der Waals surface area (Å²) in [5.74, 6) is 2.66. The number of rotatable bonds is 6. The molecule has 1 aliphatic carbocycles. The molecule has 1 saturated carbocycles. The third-order valence-electron chi connectivity index (χ3n) is 6.82. The minimum atomic E-state index is -0.266. The number of aromatic nitrogens is 3. The number of hydrogen-bond donors (Lipinski definition) is 0. The molecular weight excluding hydrogens is 342 g/mol. The van der Waals surface area contributed by atoms with E-state index in [-0.39, 0.29) is 11.3 Å². The summed E-state index contributed by atoms with van der Waals surface area (Å²) in [4.78, 5) is 17.7. The Morgan fingerprint density at radius 1 is 1.15 bits per heavy atom. The number of hydrogen-bond acceptors (Lipinski definition) is 5. The van der Waals surface area contributed by atoms with Crippen molar-refractivity contribution in [1.29, 1.82) is 0 Å². The fourth-order valence-corrected chi connectivity index (χ4v) is 5.02. The maximum atomic E-state index is 13.2. The number of amides is 1. The molecule has 1 aromatic rings. The van der Waals surface area contributed by atoms with Crippen LogP contribution in [0.1, 0.15) is 62.5 Å². The van der Waals surface area contributed by atoms with Gasteiger partial charge in [0.05, 0.1) is 18.6 Å². The second kappa shape index (κ2) is 7.87. The molecule has 3 aliphatic rings. The predicted octanol–water partition coefficient (Wildman–Crippen LogP) is 1.93. The van der Waals surface area contributed by atoms with Crippen LogP contribution in [-0.2, 0) is 23.1 Å². The van der Waals surface area contributed by atoms with Gasteiger partial charge in [-0.05, 0) is 51.6 Å². The Morgan fingerprint density at radius 2 is 1.93 bits per heavy atom. The fraction of sp³-hybridized carbons (Fsp3) is 0.850. The van der Waals surface area contributed by atoms with Crippen LogP contribution >= 0.6 is 0 Å². The molecule has 3 heterocycles. The highest BCUT2D eigenvalue weighted by molar-refractivity contribution is 5.84. The third kappa shape index (κ3) is 3.63. The predicted molar refractivity (Wildman–Crippen MR) is 102 cm³/mol.